The van der Waals surface area contributed by atoms with Crippen LogP contribution in [0.5, 0.6) is 0 Å². The molecule has 0 aromatic heterocycles. The van der Waals surface area contributed by atoms with Crippen molar-refractivity contribution < 1.29 is 9.53 Å². The lowest BCUT2D eigenvalue weighted by atomic mass is 9.52. The molecule has 0 unspecified atom stereocenters. The van der Waals surface area contributed by atoms with Gasteiger partial charge in [-0.2, -0.15) is 0 Å². The Labute approximate surface area is 157 Å². The van der Waals surface area contributed by atoms with E-state index in [9.17, 15) is 4.79 Å². The molecule has 26 heavy (non-hydrogen) atoms. The van der Waals surface area contributed by atoms with Crippen molar-refractivity contribution in [1.29, 1.82) is 0 Å². The van der Waals surface area contributed by atoms with Crippen LogP contribution in [0.2, 0.25) is 0 Å². The highest BCUT2D eigenvalue weighted by Gasteiger charge is 2.63. The first kappa shape index (κ1) is 16.8. The highest BCUT2D eigenvalue weighted by molar-refractivity contribution is 5.87. The van der Waals surface area contributed by atoms with Crippen LogP contribution in [0.4, 0.5) is 0 Å². The van der Waals surface area contributed by atoms with E-state index in [0.29, 0.717) is 11.5 Å². The Kier molecular flexibility index (Phi) is 3.76. The van der Waals surface area contributed by atoms with Crippen molar-refractivity contribution in [3.8, 4) is 0 Å². The minimum Gasteiger partial charge on any atom is -0.468 e. The number of hydrogen-bond acceptors (Lipinski definition) is 3. The smallest absolute Gasteiger partial charge is 0.316 e. The Hall–Kier alpha value is -1.35. The maximum absolute atomic E-state index is 12.7. The van der Waals surface area contributed by atoms with Gasteiger partial charge >= 0.3 is 5.97 Å². The highest BCUT2D eigenvalue weighted by atomic mass is 16.5. The summed E-state index contributed by atoms with van der Waals surface area (Å²) in [7, 11) is 3.86. The fourth-order valence-corrected chi connectivity index (χ4v) is 7.25. The average molecular weight is 354 g/mol. The quantitative estimate of drug-likeness (QED) is 0.749. The maximum Gasteiger partial charge on any atom is 0.316 e. The molecule has 4 bridgehead atoms. The molecule has 0 aliphatic heterocycles. The van der Waals surface area contributed by atoms with Gasteiger partial charge in [-0.05, 0) is 81.2 Å². The van der Waals surface area contributed by atoms with E-state index in [1.54, 1.807) is 0 Å². The van der Waals surface area contributed by atoms with Crippen molar-refractivity contribution in [3.63, 3.8) is 0 Å². The number of benzene rings is 1. The van der Waals surface area contributed by atoms with Crippen molar-refractivity contribution >= 4 is 5.97 Å². The molecule has 0 saturated heterocycles. The Bertz CT molecular complexity index is 664. The molecule has 0 amide bonds. The number of methoxy groups -OCH3 is 1. The van der Waals surface area contributed by atoms with Gasteiger partial charge in [0.25, 0.3) is 0 Å². The molecule has 0 heterocycles. The molecule has 3 heteroatoms. The number of ether oxygens (including phenoxy) is 1. The number of hydrogen-bond donors (Lipinski definition) is 0. The summed E-state index contributed by atoms with van der Waals surface area (Å²) in [5.41, 5.74) is 1.14. The van der Waals surface area contributed by atoms with Gasteiger partial charge in [0.15, 0.2) is 0 Å². The molecular formula is C23H31NO2. The summed E-state index contributed by atoms with van der Waals surface area (Å²) >= 11 is 0. The van der Waals surface area contributed by atoms with Crippen molar-refractivity contribution in [1.82, 2.24) is 4.90 Å². The number of carbonyl (C=O) groups excluding carboxylic acids is 1. The van der Waals surface area contributed by atoms with E-state index in [-0.39, 0.29) is 5.97 Å². The van der Waals surface area contributed by atoms with E-state index < -0.39 is 5.41 Å². The van der Waals surface area contributed by atoms with Crippen molar-refractivity contribution in [2.24, 2.45) is 23.7 Å². The predicted octanol–water partition coefficient (Wildman–Crippen LogP) is 4.02. The molecule has 5 saturated carbocycles. The predicted molar refractivity (Wildman–Crippen MR) is 102 cm³/mol. The second-order valence-electron chi connectivity index (χ2n) is 9.75. The minimum atomic E-state index is -0.410. The molecule has 0 spiro atoms. The SMILES string of the molecule is COC(=O)[C@@]1(c2ccccc2)C[C@H]1CN(C)C12CC3CC(CC(C3)C1)C2. The van der Waals surface area contributed by atoms with E-state index in [0.717, 1.165) is 36.3 Å². The molecule has 1 aromatic carbocycles. The first-order valence-corrected chi connectivity index (χ1v) is 10.4. The molecule has 1 aromatic rings. The summed E-state index contributed by atoms with van der Waals surface area (Å²) in [5.74, 6) is 3.22. The fraction of sp³-hybridized carbons (Fsp3) is 0.696. The largest absolute Gasteiger partial charge is 0.468 e. The van der Waals surface area contributed by atoms with Crippen LogP contribution in [-0.2, 0) is 14.9 Å². The molecule has 5 aliphatic carbocycles. The van der Waals surface area contributed by atoms with Gasteiger partial charge < -0.3 is 9.64 Å². The minimum absolute atomic E-state index is 0.0485. The summed E-state index contributed by atoms with van der Waals surface area (Å²) in [6.07, 6.45) is 9.53. The van der Waals surface area contributed by atoms with E-state index >= 15 is 0 Å². The van der Waals surface area contributed by atoms with Gasteiger partial charge in [-0.15, -0.1) is 0 Å². The van der Waals surface area contributed by atoms with Crippen LogP contribution in [0, 0.1) is 23.7 Å². The zero-order valence-corrected chi connectivity index (χ0v) is 16.1. The molecular weight excluding hydrogens is 322 g/mol. The Morgan fingerprint density at radius 2 is 1.62 bits per heavy atom. The molecule has 0 N–H and O–H groups in total. The molecule has 0 radical (unpaired) electrons. The molecule has 6 rings (SSSR count). The van der Waals surface area contributed by atoms with E-state index in [2.05, 4.69) is 24.1 Å². The van der Waals surface area contributed by atoms with Crippen LogP contribution in [0.25, 0.3) is 0 Å². The molecule has 140 valence electrons. The zero-order valence-electron chi connectivity index (χ0n) is 16.1. The zero-order chi connectivity index (χ0) is 17.9. The lowest BCUT2D eigenvalue weighted by Gasteiger charge is -2.60. The standard InChI is InChI=1S/C23H31NO2/c1-24(22-11-16-8-17(12-22)10-18(9-16)13-22)15-20-14-23(20,21(25)26-2)19-6-4-3-5-7-19/h3-7,16-18,20H,8-15H2,1-2H3/t16?,17?,18?,20-,22?,23+/m0/s1. The molecule has 2 atom stereocenters. The van der Waals surface area contributed by atoms with Crippen LogP contribution < -0.4 is 0 Å². The monoisotopic (exact) mass is 353 g/mol. The number of carbonyl (C=O) groups is 1. The fourth-order valence-electron chi connectivity index (χ4n) is 7.25. The third kappa shape index (κ3) is 2.39. The van der Waals surface area contributed by atoms with Crippen LogP contribution in [0.15, 0.2) is 30.3 Å². The Morgan fingerprint density at radius 1 is 1.04 bits per heavy atom. The second kappa shape index (κ2) is 5.82. The van der Waals surface area contributed by atoms with Gasteiger partial charge in [-0.1, -0.05) is 30.3 Å². The third-order valence-electron chi connectivity index (χ3n) is 8.25. The first-order valence-electron chi connectivity index (χ1n) is 10.4. The van der Waals surface area contributed by atoms with Gasteiger partial charge in [0, 0.05) is 12.1 Å². The lowest BCUT2D eigenvalue weighted by molar-refractivity contribution is -0.144. The summed E-state index contributed by atoms with van der Waals surface area (Å²) in [6, 6.07) is 10.3. The summed E-state index contributed by atoms with van der Waals surface area (Å²) in [5, 5.41) is 0. The van der Waals surface area contributed by atoms with Gasteiger partial charge in [0.05, 0.1) is 12.5 Å². The van der Waals surface area contributed by atoms with E-state index in [4.69, 9.17) is 4.74 Å². The van der Waals surface area contributed by atoms with Gasteiger partial charge in [-0.25, -0.2) is 0 Å². The van der Waals surface area contributed by atoms with E-state index in [1.165, 1.54) is 45.6 Å². The first-order chi connectivity index (χ1) is 12.6. The van der Waals surface area contributed by atoms with Crippen molar-refractivity contribution in [3.05, 3.63) is 35.9 Å². The molecule has 5 fully saturated rings. The maximum atomic E-state index is 12.7. The highest BCUT2D eigenvalue weighted by Crippen LogP contribution is 2.60. The lowest BCUT2D eigenvalue weighted by Crippen LogP contribution is -2.59. The number of esters is 1. The Morgan fingerprint density at radius 3 is 2.15 bits per heavy atom. The van der Waals surface area contributed by atoms with Crippen LogP contribution in [0.1, 0.15) is 50.5 Å². The topological polar surface area (TPSA) is 29.5 Å². The molecule has 3 nitrogen and oxygen atoms in total. The van der Waals surface area contributed by atoms with Gasteiger partial charge in [0.2, 0.25) is 0 Å². The average Bonchev–Trinajstić information content (AvgIpc) is 3.35. The van der Waals surface area contributed by atoms with E-state index in [1.807, 2.05) is 18.2 Å². The van der Waals surface area contributed by atoms with Gasteiger partial charge in [-0.3, -0.25) is 4.79 Å². The van der Waals surface area contributed by atoms with Crippen LogP contribution >= 0.6 is 0 Å². The van der Waals surface area contributed by atoms with Crippen LogP contribution in [-0.4, -0.2) is 37.1 Å². The van der Waals surface area contributed by atoms with Gasteiger partial charge in [0.1, 0.15) is 0 Å². The van der Waals surface area contributed by atoms with Crippen molar-refractivity contribution in [2.45, 2.75) is 55.9 Å². The van der Waals surface area contributed by atoms with Crippen LogP contribution in [0.3, 0.4) is 0 Å². The Balaban J connectivity index is 1.36. The summed E-state index contributed by atoms with van der Waals surface area (Å²) in [4.78, 5) is 15.4. The summed E-state index contributed by atoms with van der Waals surface area (Å²) in [6.45, 7) is 1.02. The summed E-state index contributed by atoms with van der Waals surface area (Å²) < 4.78 is 5.24. The third-order valence-corrected chi connectivity index (χ3v) is 8.25. The number of nitrogens with zero attached hydrogens (tertiary/aromatic N) is 1. The van der Waals surface area contributed by atoms with Crippen molar-refractivity contribution in [2.75, 3.05) is 20.7 Å². The molecule has 5 aliphatic rings. The normalized spacial score (nSPS) is 42.9. The second-order valence-corrected chi connectivity index (χ2v) is 9.75. The number of rotatable bonds is 5.